The van der Waals surface area contributed by atoms with Crippen molar-refractivity contribution in [3.63, 3.8) is 0 Å². The third-order valence-corrected chi connectivity index (χ3v) is 5.51. The Balaban J connectivity index is 1.53. The minimum atomic E-state index is -0.894. The van der Waals surface area contributed by atoms with Gasteiger partial charge in [0.15, 0.2) is 0 Å². The van der Waals surface area contributed by atoms with Crippen LogP contribution >= 0.6 is 11.6 Å². The van der Waals surface area contributed by atoms with Crippen molar-refractivity contribution in [1.82, 2.24) is 5.32 Å². The molecule has 0 aliphatic carbocycles. The number of benzene rings is 3. The van der Waals surface area contributed by atoms with Crippen molar-refractivity contribution in [2.24, 2.45) is 0 Å². The molecule has 3 aromatic rings. The van der Waals surface area contributed by atoms with Crippen LogP contribution in [-0.4, -0.2) is 25.3 Å². The van der Waals surface area contributed by atoms with Crippen molar-refractivity contribution in [2.75, 3.05) is 13.1 Å². The summed E-state index contributed by atoms with van der Waals surface area (Å²) < 4.78 is 5.25. The average Bonchev–Trinajstić information content (AvgIpc) is 2.81. The van der Waals surface area contributed by atoms with Crippen LogP contribution in [-0.2, 0) is 20.7 Å². The van der Waals surface area contributed by atoms with Crippen molar-refractivity contribution in [3.05, 3.63) is 106 Å². The second-order valence-corrected chi connectivity index (χ2v) is 7.86. The van der Waals surface area contributed by atoms with Gasteiger partial charge in [-0.1, -0.05) is 85.3 Å². The van der Waals surface area contributed by atoms with Crippen molar-refractivity contribution < 1.29 is 14.3 Å². The van der Waals surface area contributed by atoms with E-state index in [2.05, 4.69) is 60.8 Å². The monoisotopic (exact) mass is 435 g/mol. The SMILES string of the molecule is CC(c1ccccc1)c1ccc(CCNCC(OC(=O)C=O)c2cccc(Cl)c2)cc1. The Kier molecular flexibility index (Phi) is 8.39. The van der Waals surface area contributed by atoms with E-state index in [1.165, 1.54) is 16.7 Å². The largest absolute Gasteiger partial charge is 0.451 e. The lowest BCUT2D eigenvalue weighted by atomic mass is 9.92. The minimum Gasteiger partial charge on any atom is -0.451 e. The van der Waals surface area contributed by atoms with Crippen LogP contribution in [0.3, 0.4) is 0 Å². The van der Waals surface area contributed by atoms with Crippen LogP contribution in [0.25, 0.3) is 0 Å². The first-order chi connectivity index (χ1) is 15.1. The summed E-state index contributed by atoms with van der Waals surface area (Å²) in [5.74, 6) is -0.547. The van der Waals surface area contributed by atoms with E-state index in [4.69, 9.17) is 16.3 Å². The molecule has 4 nitrogen and oxygen atoms in total. The average molecular weight is 436 g/mol. The molecule has 0 heterocycles. The first-order valence-electron chi connectivity index (χ1n) is 10.3. The van der Waals surface area contributed by atoms with Gasteiger partial charge in [0, 0.05) is 17.5 Å². The van der Waals surface area contributed by atoms with Gasteiger partial charge in [-0.05, 0) is 47.4 Å². The van der Waals surface area contributed by atoms with Crippen LogP contribution in [0.1, 0.15) is 41.2 Å². The van der Waals surface area contributed by atoms with Crippen LogP contribution in [0.15, 0.2) is 78.9 Å². The standard InChI is InChI=1S/C26H26ClNO3/c1-19(21-6-3-2-4-7-21)22-12-10-20(11-13-22)14-15-28-17-25(31-26(30)18-29)23-8-5-9-24(27)16-23/h2-13,16,18-19,25,28H,14-15,17H2,1H3. The Morgan fingerprint density at radius 1 is 0.968 bits per heavy atom. The molecule has 31 heavy (non-hydrogen) atoms. The molecule has 0 aliphatic heterocycles. The number of hydrogen-bond donors (Lipinski definition) is 1. The van der Waals surface area contributed by atoms with Gasteiger partial charge in [-0.2, -0.15) is 0 Å². The highest BCUT2D eigenvalue weighted by atomic mass is 35.5. The van der Waals surface area contributed by atoms with E-state index in [0.717, 1.165) is 12.0 Å². The highest BCUT2D eigenvalue weighted by molar-refractivity contribution is 6.30. The number of rotatable bonds is 10. The van der Waals surface area contributed by atoms with E-state index in [-0.39, 0.29) is 6.29 Å². The highest BCUT2D eigenvalue weighted by Gasteiger charge is 2.16. The zero-order valence-electron chi connectivity index (χ0n) is 17.5. The molecule has 0 bridgehead atoms. The third kappa shape index (κ3) is 6.78. The summed E-state index contributed by atoms with van der Waals surface area (Å²) >= 11 is 6.04. The molecule has 0 aliphatic rings. The van der Waals surface area contributed by atoms with Gasteiger partial charge >= 0.3 is 5.97 Å². The van der Waals surface area contributed by atoms with E-state index in [1.54, 1.807) is 18.2 Å². The van der Waals surface area contributed by atoms with Gasteiger partial charge in [-0.3, -0.25) is 4.79 Å². The van der Waals surface area contributed by atoms with Gasteiger partial charge in [-0.15, -0.1) is 0 Å². The molecule has 0 spiro atoms. The first-order valence-corrected chi connectivity index (χ1v) is 10.7. The Labute approximate surface area is 188 Å². The summed E-state index contributed by atoms with van der Waals surface area (Å²) in [5.41, 5.74) is 4.55. The second kappa shape index (κ2) is 11.4. The molecule has 5 heteroatoms. The van der Waals surface area contributed by atoms with Gasteiger partial charge in [0.1, 0.15) is 6.10 Å². The third-order valence-electron chi connectivity index (χ3n) is 5.27. The summed E-state index contributed by atoms with van der Waals surface area (Å²) in [6, 6.07) is 26.2. The fraction of sp³-hybridized carbons (Fsp3) is 0.231. The molecular formula is C26H26ClNO3. The molecular weight excluding hydrogens is 410 g/mol. The fourth-order valence-electron chi connectivity index (χ4n) is 3.48. The van der Waals surface area contributed by atoms with E-state index in [0.29, 0.717) is 24.0 Å². The molecule has 160 valence electrons. The molecule has 0 aromatic heterocycles. The van der Waals surface area contributed by atoms with Gasteiger partial charge in [0.25, 0.3) is 0 Å². The first kappa shape index (κ1) is 22.7. The van der Waals surface area contributed by atoms with Crippen molar-refractivity contribution in [1.29, 1.82) is 0 Å². The van der Waals surface area contributed by atoms with E-state index in [9.17, 15) is 9.59 Å². The Bertz CT molecular complexity index is 989. The molecule has 0 amide bonds. The van der Waals surface area contributed by atoms with Gasteiger partial charge in [0.05, 0.1) is 0 Å². The zero-order chi connectivity index (χ0) is 22.1. The Hall–Kier alpha value is -2.95. The maximum atomic E-state index is 11.5. The van der Waals surface area contributed by atoms with Crippen molar-refractivity contribution in [3.8, 4) is 0 Å². The summed E-state index contributed by atoms with van der Waals surface area (Å²) in [4.78, 5) is 22.2. The predicted octanol–water partition coefficient (Wildman–Crippen LogP) is 5.11. The quantitative estimate of drug-likeness (QED) is 0.208. The summed E-state index contributed by atoms with van der Waals surface area (Å²) in [6.07, 6.45) is 0.435. The van der Waals surface area contributed by atoms with Gasteiger partial charge in [-0.25, -0.2) is 4.79 Å². The fourth-order valence-corrected chi connectivity index (χ4v) is 3.67. The van der Waals surface area contributed by atoms with Crippen LogP contribution in [0.2, 0.25) is 5.02 Å². The molecule has 0 radical (unpaired) electrons. The Morgan fingerprint density at radius 3 is 2.32 bits per heavy atom. The predicted molar refractivity (Wildman–Crippen MR) is 123 cm³/mol. The lowest BCUT2D eigenvalue weighted by molar-refractivity contribution is -0.153. The highest BCUT2D eigenvalue weighted by Crippen LogP contribution is 2.24. The van der Waals surface area contributed by atoms with E-state index in [1.807, 2.05) is 12.1 Å². The van der Waals surface area contributed by atoms with Crippen LogP contribution in [0.4, 0.5) is 0 Å². The summed E-state index contributed by atoms with van der Waals surface area (Å²) in [7, 11) is 0. The molecule has 2 atom stereocenters. The van der Waals surface area contributed by atoms with Crippen LogP contribution in [0, 0.1) is 0 Å². The molecule has 1 N–H and O–H groups in total. The van der Waals surface area contributed by atoms with Crippen molar-refractivity contribution in [2.45, 2.75) is 25.4 Å². The lowest BCUT2D eigenvalue weighted by Gasteiger charge is -2.18. The van der Waals surface area contributed by atoms with Crippen LogP contribution in [0.5, 0.6) is 0 Å². The molecule has 2 unspecified atom stereocenters. The minimum absolute atomic E-state index is 0.176. The molecule has 0 fully saturated rings. The number of ether oxygens (including phenoxy) is 1. The number of aldehydes is 1. The molecule has 3 aromatic carbocycles. The Morgan fingerprint density at radius 2 is 1.65 bits per heavy atom. The number of nitrogens with one attached hydrogen (secondary N) is 1. The maximum absolute atomic E-state index is 11.5. The van der Waals surface area contributed by atoms with Crippen LogP contribution < -0.4 is 5.32 Å². The number of carbonyl (C=O) groups is 2. The number of hydrogen-bond acceptors (Lipinski definition) is 4. The number of halogens is 1. The zero-order valence-corrected chi connectivity index (χ0v) is 18.2. The van der Waals surface area contributed by atoms with Crippen molar-refractivity contribution >= 4 is 23.9 Å². The van der Waals surface area contributed by atoms with Gasteiger partial charge < -0.3 is 10.1 Å². The smallest absolute Gasteiger partial charge is 0.371 e. The summed E-state index contributed by atoms with van der Waals surface area (Å²) in [6.45, 7) is 3.31. The second-order valence-electron chi connectivity index (χ2n) is 7.43. The van der Waals surface area contributed by atoms with E-state index < -0.39 is 12.1 Å². The van der Waals surface area contributed by atoms with Gasteiger partial charge in [0.2, 0.25) is 6.29 Å². The topological polar surface area (TPSA) is 55.4 Å². The maximum Gasteiger partial charge on any atom is 0.371 e. The lowest BCUT2D eigenvalue weighted by Crippen LogP contribution is -2.27. The number of carbonyl (C=O) groups excluding carboxylic acids is 2. The summed E-state index contributed by atoms with van der Waals surface area (Å²) in [5, 5.41) is 3.86. The van der Waals surface area contributed by atoms with E-state index >= 15 is 0 Å². The normalized spacial score (nSPS) is 12.7. The molecule has 3 rings (SSSR count). The molecule has 0 saturated carbocycles. The number of esters is 1. The molecule has 0 saturated heterocycles.